The minimum Gasteiger partial charge on any atom is -0.274 e. The van der Waals surface area contributed by atoms with Gasteiger partial charge in [0.25, 0.3) is 10.0 Å². The average molecular weight is 382 g/mol. The van der Waals surface area contributed by atoms with E-state index in [4.69, 9.17) is 11.6 Å². The number of nitrogens with zero attached hydrogens (tertiary/aromatic N) is 2. The molecular formula is C12H14BrClN2O3S. The second-order valence-electron chi connectivity index (χ2n) is 4.73. The Bertz CT molecular complexity index is 636. The number of aromatic nitrogens is 1. The molecule has 1 aromatic heterocycles. The Morgan fingerprint density at radius 2 is 2.25 bits per heavy atom. The van der Waals surface area contributed by atoms with E-state index in [-0.39, 0.29) is 34.8 Å². The van der Waals surface area contributed by atoms with Crippen LogP contribution in [0.3, 0.4) is 0 Å². The first-order chi connectivity index (χ1) is 9.36. The minimum atomic E-state index is -3.93. The summed E-state index contributed by atoms with van der Waals surface area (Å²) in [5.74, 6) is -0.291. The lowest BCUT2D eigenvalue weighted by Crippen LogP contribution is -2.32. The van der Waals surface area contributed by atoms with Gasteiger partial charge in [0.15, 0.2) is 0 Å². The Morgan fingerprint density at radius 3 is 2.90 bits per heavy atom. The van der Waals surface area contributed by atoms with Gasteiger partial charge in [-0.15, -0.1) is 0 Å². The lowest BCUT2D eigenvalue weighted by Gasteiger charge is -2.17. The van der Waals surface area contributed by atoms with E-state index in [0.717, 1.165) is 17.1 Å². The first kappa shape index (κ1) is 15.7. The fourth-order valence-electron chi connectivity index (χ4n) is 2.29. The van der Waals surface area contributed by atoms with E-state index in [1.807, 2.05) is 6.92 Å². The molecule has 2 rings (SSSR count). The highest BCUT2D eigenvalue weighted by Gasteiger charge is 2.39. The predicted octanol–water partition coefficient (Wildman–Crippen LogP) is 2.83. The summed E-state index contributed by atoms with van der Waals surface area (Å²) in [5, 5.41) is -0.125. The van der Waals surface area contributed by atoms with E-state index < -0.39 is 10.0 Å². The fourth-order valence-corrected chi connectivity index (χ4v) is 4.69. The summed E-state index contributed by atoms with van der Waals surface area (Å²) in [6, 6.07) is 1.37. The molecule has 0 aromatic carbocycles. The van der Waals surface area contributed by atoms with Gasteiger partial charge in [-0.3, -0.25) is 4.79 Å². The van der Waals surface area contributed by atoms with Crippen LogP contribution in [0, 0.1) is 5.92 Å². The SMILES string of the molecule is CCCC1CC(=O)N(S(=O)(=O)c2cc(Br)cnc2Cl)C1. The zero-order valence-corrected chi connectivity index (χ0v) is 14.0. The number of sulfonamides is 1. The normalized spacial score (nSPS) is 19.6. The number of hydrogen-bond donors (Lipinski definition) is 0. The molecule has 8 heteroatoms. The maximum absolute atomic E-state index is 12.5. The van der Waals surface area contributed by atoms with Crippen molar-refractivity contribution in [3.63, 3.8) is 0 Å². The molecule has 1 atom stereocenters. The molecule has 1 unspecified atom stereocenters. The molecule has 1 fully saturated rings. The highest BCUT2D eigenvalue weighted by Crippen LogP contribution is 2.31. The third-order valence-electron chi connectivity index (χ3n) is 3.20. The van der Waals surface area contributed by atoms with Gasteiger partial charge in [0, 0.05) is 23.6 Å². The molecule has 0 aliphatic carbocycles. The van der Waals surface area contributed by atoms with Gasteiger partial charge < -0.3 is 0 Å². The zero-order valence-electron chi connectivity index (χ0n) is 10.8. The van der Waals surface area contributed by atoms with Crippen molar-refractivity contribution in [3.05, 3.63) is 21.9 Å². The third-order valence-corrected chi connectivity index (χ3v) is 5.85. The molecule has 1 aliphatic rings. The van der Waals surface area contributed by atoms with Crippen LogP contribution in [0.2, 0.25) is 5.15 Å². The summed E-state index contributed by atoms with van der Waals surface area (Å²) < 4.78 is 26.5. The maximum Gasteiger partial charge on any atom is 0.269 e. The van der Waals surface area contributed by atoms with Gasteiger partial charge in [-0.1, -0.05) is 24.9 Å². The number of halogens is 2. The van der Waals surface area contributed by atoms with Crippen LogP contribution in [0.1, 0.15) is 26.2 Å². The molecule has 20 heavy (non-hydrogen) atoms. The molecule has 1 amide bonds. The minimum absolute atomic E-state index is 0.0844. The summed E-state index contributed by atoms with van der Waals surface area (Å²) in [6.45, 7) is 2.23. The Labute approximate surface area is 131 Å². The van der Waals surface area contributed by atoms with Gasteiger partial charge in [0.05, 0.1) is 0 Å². The Hall–Kier alpha value is -0.660. The predicted molar refractivity (Wildman–Crippen MR) is 78.9 cm³/mol. The van der Waals surface area contributed by atoms with Gasteiger partial charge in [0.2, 0.25) is 5.91 Å². The average Bonchev–Trinajstić information content (AvgIpc) is 2.74. The summed E-state index contributed by atoms with van der Waals surface area (Å²) in [4.78, 5) is 15.6. The van der Waals surface area contributed by atoms with E-state index in [1.165, 1.54) is 12.3 Å². The third kappa shape index (κ3) is 2.99. The van der Waals surface area contributed by atoms with Crippen molar-refractivity contribution in [1.29, 1.82) is 0 Å². The molecule has 0 spiro atoms. The van der Waals surface area contributed by atoms with Crippen molar-refractivity contribution in [3.8, 4) is 0 Å². The fraction of sp³-hybridized carbons (Fsp3) is 0.500. The van der Waals surface area contributed by atoms with Crippen molar-refractivity contribution < 1.29 is 13.2 Å². The van der Waals surface area contributed by atoms with Crippen LogP contribution in [0.5, 0.6) is 0 Å². The Balaban J connectivity index is 2.36. The number of pyridine rings is 1. The monoisotopic (exact) mass is 380 g/mol. The Morgan fingerprint density at radius 1 is 1.55 bits per heavy atom. The summed E-state index contributed by atoms with van der Waals surface area (Å²) in [6.07, 6.45) is 3.44. The molecule has 1 saturated heterocycles. The first-order valence-electron chi connectivity index (χ1n) is 6.23. The maximum atomic E-state index is 12.5. The molecule has 1 aromatic rings. The van der Waals surface area contributed by atoms with Crippen LogP contribution in [-0.2, 0) is 14.8 Å². The highest BCUT2D eigenvalue weighted by atomic mass is 79.9. The van der Waals surface area contributed by atoms with Gasteiger partial charge in [-0.25, -0.2) is 17.7 Å². The van der Waals surface area contributed by atoms with Gasteiger partial charge in [-0.05, 0) is 34.3 Å². The first-order valence-corrected chi connectivity index (χ1v) is 8.84. The zero-order chi connectivity index (χ0) is 14.9. The van der Waals surface area contributed by atoms with Crippen LogP contribution >= 0.6 is 27.5 Å². The molecule has 0 saturated carbocycles. The van der Waals surface area contributed by atoms with E-state index in [1.54, 1.807) is 0 Å². The molecule has 1 aliphatic heterocycles. The topological polar surface area (TPSA) is 67.3 Å². The highest BCUT2D eigenvalue weighted by molar-refractivity contribution is 9.10. The molecular weight excluding hydrogens is 368 g/mol. The molecule has 0 bridgehead atoms. The molecule has 110 valence electrons. The largest absolute Gasteiger partial charge is 0.274 e. The van der Waals surface area contributed by atoms with E-state index in [2.05, 4.69) is 20.9 Å². The van der Waals surface area contributed by atoms with Crippen molar-refractivity contribution >= 4 is 43.5 Å². The molecule has 2 heterocycles. The summed E-state index contributed by atoms with van der Waals surface area (Å²) in [7, 11) is -3.93. The number of hydrogen-bond acceptors (Lipinski definition) is 4. The van der Waals surface area contributed by atoms with Gasteiger partial charge in [-0.2, -0.15) is 0 Å². The molecule has 0 radical (unpaired) electrons. The van der Waals surface area contributed by atoms with Crippen molar-refractivity contribution in [2.45, 2.75) is 31.1 Å². The Kier molecular flexibility index (Phi) is 4.71. The van der Waals surface area contributed by atoms with Crippen LogP contribution in [0.15, 0.2) is 21.6 Å². The summed E-state index contributed by atoms with van der Waals surface area (Å²) >= 11 is 9.02. The van der Waals surface area contributed by atoms with E-state index in [0.29, 0.717) is 4.47 Å². The van der Waals surface area contributed by atoms with Crippen LogP contribution < -0.4 is 0 Å². The van der Waals surface area contributed by atoms with Crippen LogP contribution in [-0.4, -0.2) is 30.2 Å². The summed E-state index contributed by atoms with van der Waals surface area (Å²) in [5.41, 5.74) is 0. The number of amides is 1. The van der Waals surface area contributed by atoms with Crippen LogP contribution in [0.25, 0.3) is 0 Å². The molecule has 5 nitrogen and oxygen atoms in total. The second-order valence-corrected chi connectivity index (χ2v) is 7.84. The van der Waals surface area contributed by atoms with Crippen LogP contribution in [0.4, 0.5) is 0 Å². The van der Waals surface area contributed by atoms with E-state index >= 15 is 0 Å². The number of carbonyl (C=O) groups is 1. The van der Waals surface area contributed by atoms with Crippen molar-refractivity contribution in [1.82, 2.24) is 9.29 Å². The lowest BCUT2D eigenvalue weighted by atomic mass is 10.0. The number of carbonyl (C=O) groups excluding carboxylic acids is 1. The lowest BCUT2D eigenvalue weighted by molar-refractivity contribution is -0.123. The standard InChI is InChI=1S/C12H14BrClN2O3S/c1-2-3-8-4-11(17)16(7-8)20(18,19)10-5-9(13)6-15-12(10)14/h5-6,8H,2-4,7H2,1H3. The second kappa shape index (κ2) is 5.99. The van der Waals surface area contributed by atoms with Crippen molar-refractivity contribution in [2.24, 2.45) is 5.92 Å². The van der Waals surface area contributed by atoms with Crippen molar-refractivity contribution in [2.75, 3.05) is 6.54 Å². The molecule has 0 N–H and O–H groups in total. The van der Waals surface area contributed by atoms with Gasteiger partial charge in [0.1, 0.15) is 10.0 Å². The quantitative estimate of drug-likeness (QED) is 0.752. The van der Waals surface area contributed by atoms with E-state index in [9.17, 15) is 13.2 Å². The smallest absolute Gasteiger partial charge is 0.269 e. The number of rotatable bonds is 4. The van der Waals surface area contributed by atoms with Gasteiger partial charge >= 0.3 is 0 Å².